The summed E-state index contributed by atoms with van der Waals surface area (Å²) in [5, 5.41) is 2.80. The highest BCUT2D eigenvalue weighted by Crippen LogP contribution is 2.34. The molecule has 8 heteroatoms. The van der Waals surface area contributed by atoms with Gasteiger partial charge in [-0.2, -0.15) is 0 Å². The van der Waals surface area contributed by atoms with Crippen LogP contribution >= 0.6 is 0 Å². The summed E-state index contributed by atoms with van der Waals surface area (Å²) in [4.78, 5) is 38.5. The fourth-order valence-electron chi connectivity index (χ4n) is 2.77. The van der Waals surface area contributed by atoms with E-state index >= 15 is 0 Å². The topological polar surface area (TPSA) is 114 Å². The van der Waals surface area contributed by atoms with Crippen molar-refractivity contribution in [2.24, 2.45) is 10.7 Å². The number of carbonyl (C=O) groups excluding carboxylic acids is 2. The van der Waals surface area contributed by atoms with E-state index in [1.807, 2.05) is 13.0 Å². The number of benzene rings is 1. The lowest BCUT2D eigenvalue weighted by Gasteiger charge is -2.33. The molecule has 0 saturated heterocycles. The molecule has 3 rings (SSSR count). The van der Waals surface area contributed by atoms with E-state index in [9.17, 15) is 9.59 Å². The number of guanidine groups is 1. The summed E-state index contributed by atoms with van der Waals surface area (Å²) in [7, 11) is 1.60. The second-order valence-corrected chi connectivity index (χ2v) is 6.45. The second-order valence-electron chi connectivity index (χ2n) is 6.45. The van der Waals surface area contributed by atoms with Gasteiger partial charge in [0, 0.05) is 18.9 Å². The molecule has 2 aromatic rings. The first kappa shape index (κ1) is 17.5. The van der Waals surface area contributed by atoms with Crippen molar-refractivity contribution in [1.82, 2.24) is 14.9 Å². The van der Waals surface area contributed by atoms with Crippen LogP contribution in [0.25, 0.3) is 0 Å². The van der Waals surface area contributed by atoms with E-state index in [1.54, 1.807) is 38.4 Å². The monoisotopic (exact) mass is 352 g/mol. The van der Waals surface area contributed by atoms with Crippen LogP contribution in [0.15, 0.2) is 41.7 Å². The van der Waals surface area contributed by atoms with Gasteiger partial charge in [-0.3, -0.25) is 19.5 Å². The van der Waals surface area contributed by atoms with Gasteiger partial charge in [-0.1, -0.05) is 12.1 Å². The average molecular weight is 352 g/mol. The highest BCUT2D eigenvalue weighted by Gasteiger charge is 2.36. The van der Waals surface area contributed by atoms with Gasteiger partial charge in [-0.05, 0) is 31.5 Å². The molecule has 0 bridgehead atoms. The lowest BCUT2D eigenvalue weighted by molar-refractivity contribution is -0.128. The Kier molecular flexibility index (Phi) is 4.41. The smallest absolute Gasteiger partial charge is 0.275 e. The Balaban J connectivity index is 1.87. The van der Waals surface area contributed by atoms with E-state index in [0.29, 0.717) is 11.4 Å². The highest BCUT2D eigenvalue weighted by atomic mass is 16.2. The molecule has 1 unspecified atom stereocenters. The number of hydrogen-bond donors (Lipinski definition) is 2. The summed E-state index contributed by atoms with van der Waals surface area (Å²) in [6.45, 7) is 3.61. The van der Waals surface area contributed by atoms with Gasteiger partial charge in [0.1, 0.15) is 5.69 Å². The fourth-order valence-corrected chi connectivity index (χ4v) is 2.77. The molecule has 0 radical (unpaired) electrons. The Hall–Kier alpha value is -3.29. The number of anilines is 1. The molecule has 2 heterocycles. The number of amides is 2. The third-order valence-corrected chi connectivity index (χ3v) is 4.30. The number of nitrogens with one attached hydrogen (secondary N) is 1. The van der Waals surface area contributed by atoms with Crippen molar-refractivity contribution in [3.8, 4) is 0 Å². The molecule has 1 aliphatic rings. The van der Waals surface area contributed by atoms with E-state index < -0.39 is 5.54 Å². The van der Waals surface area contributed by atoms with Crippen molar-refractivity contribution in [3.05, 3.63) is 53.6 Å². The third-order valence-electron chi connectivity index (χ3n) is 4.30. The third kappa shape index (κ3) is 3.39. The Morgan fingerprint density at radius 3 is 2.81 bits per heavy atom. The SMILES string of the molecule is Cc1cncc(C(=O)Nc2cccc(C3(C)CC(=O)N(C)C(N)=N3)c2)n1. The molecule has 134 valence electrons. The lowest BCUT2D eigenvalue weighted by Crippen LogP contribution is -2.47. The Morgan fingerprint density at radius 1 is 1.35 bits per heavy atom. The number of nitrogens with zero attached hydrogens (tertiary/aromatic N) is 4. The summed E-state index contributed by atoms with van der Waals surface area (Å²) < 4.78 is 0. The molecule has 2 amide bonds. The van der Waals surface area contributed by atoms with Crippen LogP contribution in [0.1, 0.15) is 35.1 Å². The Morgan fingerprint density at radius 2 is 2.12 bits per heavy atom. The van der Waals surface area contributed by atoms with Crippen molar-refractivity contribution in [2.75, 3.05) is 12.4 Å². The summed E-state index contributed by atoms with van der Waals surface area (Å²) in [5.74, 6) is -0.288. The molecule has 0 spiro atoms. The molecule has 1 aromatic carbocycles. The molecule has 0 saturated carbocycles. The molecule has 1 aliphatic heterocycles. The van der Waals surface area contributed by atoms with Crippen molar-refractivity contribution >= 4 is 23.5 Å². The van der Waals surface area contributed by atoms with Crippen LogP contribution in [-0.4, -0.2) is 39.7 Å². The van der Waals surface area contributed by atoms with Gasteiger partial charge in [0.05, 0.1) is 23.9 Å². The first-order valence-electron chi connectivity index (χ1n) is 8.11. The second kappa shape index (κ2) is 6.55. The number of aryl methyl sites for hydroxylation is 1. The van der Waals surface area contributed by atoms with E-state index in [-0.39, 0.29) is 29.9 Å². The van der Waals surface area contributed by atoms with Crippen LogP contribution in [0, 0.1) is 6.92 Å². The van der Waals surface area contributed by atoms with E-state index in [2.05, 4.69) is 20.3 Å². The summed E-state index contributed by atoms with van der Waals surface area (Å²) in [6.07, 6.45) is 3.19. The molecular formula is C18H20N6O2. The van der Waals surface area contributed by atoms with Crippen molar-refractivity contribution < 1.29 is 9.59 Å². The van der Waals surface area contributed by atoms with E-state index in [1.165, 1.54) is 11.1 Å². The number of nitrogens with two attached hydrogens (primary N) is 1. The van der Waals surface area contributed by atoms with Crippen LogP contribution in [0.5, 0.6) is 0 Å². The summed E-state index contributed by atoms with van der Waals surface area (Å²) in [5.41, 5.74) is 7.34. The fraction of sp³-hybridized carbons (Fsp3) is 0.278. The molecule has 26 heavy (non-hydrogen) atoms. The van der Waals surface area contributed by atoms with Gasteiger partial charge in [0.2, 0.25) is 5.91 Å². The predicted octanol–water partition coefficient (Wildman–Crippen LogP) is 1.43. The van der Waals surface area contributed by atoms with Gasteiger partial charge in [0.15, 0.2) is 5.96 Å². The zero-order valence-corrected chi connectivity index (χ0v) is 14.9. The predicted molar refractivity (Wildman–Crippen MR) is 97.5 cm³/mol. The van der Waals surface area contributed by atoms with Gasteiger partial charge in [-0.15, -0.1) is 0 Å². The zero-order valence-electron chi connectivity index (χ0n) is 14.9. The minimum absolute atomic E-state index is 0.107. The molecule has 1 atom stereocenters. The maximum atomic E-state index is 12.4. The van der Waals surface area contributed by atoms with Gasteiger partial charge in [0.25, 0.3) is 5.91 Å². The Bertz CT molecular complexity index is 910. The van der Waals surface area contributed by atoms with E-state index in [4.69, 9.17) is 5.73 Å². The number of carbonyl (C=O) groups is 2. The van der Waals surface area contributed by atoms with Crippen molar-refractivity contribution in [2.45, 2.75) is 25.8 Å². The molecule has 0 fully saturated rings. The first-order chi connectivity index (χ1) is 12.3. The molecule has 3 N–H and O–H groups in total. The van der Waals surface area contributed by atoms with Gasteiger partial charge >= 0.3 is 0 Å². The largest absolute Gasteiger partial charge is 0.369 e. The van der Waals surface area contributed by atoms with Crippen molar-refractivity contribution in [1.29, 1.82) is 0 Å². The molecule has 8 nitrogen and oxygen atoms in total. The number of aliphatic imine (C=N–C) groups is 1. The van der Waals surface area contributed by atoms with Crippen LogP contribution in [0.4, 0.5) is 5.69 Å². The van der Waals surface area contributed by atoms with Crippen molar-refractivity contribution in [3.63, 3.8) is 0 Å². The first-order valence-corrected chi connectivity index (χ1v) is 8.11. The number of aromatic nitrogens is 2. The summed E-state index contributed by atoms with van der Waals surface area (Å²) in [6, 6.07) is 7.21. The molecule has 1 aromatic heterocycles. The average Bonchev–Trinajstić information content (AvgIpc) is 2.60. The molecular weight excluding hydrogens is 332 g/mol. The van der Waals surface area contributed by atoms with Crippen LogP contribution in [-0.2, 0) is 10.3 Å². The standard InChI is InChI=1S/C18H20N6O2/c1-11-9-20-10-14(21-11)16(26)22-13-6-4-5-12(7-13)18(2)8-15(25)24(3)17(19)23-18/h4-7,9-10H,8H2,1-3H3,(H2,19,23)(H,22,26). The van der Waals surface area contributed by atoms with Gasteiger partial charge < -0.3 is 11.1 Å². The van der Waals surface area contributed by atoms with Crippen LogP contribution in [0.2, 0.25) is 0 Å². The minimum Gasteiger partial charge on any atom is -0.369 e. The van der Waals surface area contributed by atoms with Crippen LogP contribution < -0.4 is 11.1 Å². The molecule has 0 aliphatic carbocycles. The number of rotatable bonds is 3. The lowest BCUT2D eigenvalue weighted by atomic mass is 9.87. The minimum atomic E-state index is -0.780. The summed E-state index contributed by atoms with van der Waals surface area (Å²) >= 11 is 0. The van der Waals surface area contributed by atoms with E-state index in [0.717, 1.165) is 5.56 Å². The number of hydrogen-bond acceptors (Lipinski definition) is 6. The quantitative estimate of drug-likeness (QED) is 0.867. The maximum Gasteiger partial charge on any atom is 0.275 e. The Labute approximate surface area is 151 Å². The maximum absolute atomic E-state index is 12.4. The van der Waals surface area contributed by atoms with Crippen LogP contribution in [0.3, 0.4) is 0 Å². The highest BCUT2D eigenvalue weighted by molar-refractivity contribution is 6.03. The zero-order chi connectivity index (χ0) is 18.9. The normalized spacial score (nSPS) is 19.9. The van der Waals surface area contributed by atoms with Gasteiger partial charge in [-0.25, -0.2) is 9.98 Å².